The molecule has 124 valence electrons. The van der Waals surface area contributed by atoms with E-state index in [0.717, 1.165) is 25.0 Å². The summed E-state index contributed by atoms with van der Waals surface area (Å²) in [5, 5.41) is 3.48. The minimum Gasteiger partial charge on any atom is -0.493 e. The van der Waals surface area contributed by atoms with Crippen molar-refractivity contribution < 1.29 is 23.0 Å². The highest BCUT2D eigenvalue weighted by Gasteiger charge is 2.24. The van der Waals surface area contributed by atoms with Crippen LogP contribution in [0.5, 0.6) is 11.5 Å². The second kappa shape index (κ2) is 7.74. The molecule has 1 saturated heterocycles. The Balaban J connectivity index is 2.03. The van der Waals surface area contributed by atoms with E-state index >= 15 is 0 Å². The predicted molar refractivity (Wildman–Crippen MR) is 79.6 cm³/mol. The molecule has 1 fully saturated rings. The van der Waals surface area contributed by atoms with Crippen LogP contribution in [-0.2, 0) is 4.74 Å². The van der Waals surface area contributed by atoms with Crippen molar-refractivity contribution in [1.29, 1.82) is 0 Å². The molecule has 0 saturated carbocycles. The normalized spacial score (nSPS) is 20.9. The molecule has 0 spiro atoms. The highest BCUT2D eigenvalue weighted by atomic mass is 19.3. The van der Waals surface area contributed by atoms with Gasteiger partial charge in [0.15, 0.2) is 11.5 Å². The fraction of sp³-hybridized carbons (Fsp3) is 0.625. The van der Waals surface area contributed by atoms with Crippen molar-refractivity contribution in [1.82, 2.24) is 5.32 Å². The maximum Gasteiger partial charge on any atom is 0.387 e. The highest BCUT2D eigenvalue weighted by Crippen LogP contribution is 2.31. The molecule has 1 N–H and O–H groups in total. The third-order valence-corrected chi connectivity index (χ3v) is 3.94. The van der Waals surface area contributed by atoms with E-state index in [2.05, 4.69) is 17.0 Å². The summed E-state index contributed by atoms with van der Waals surface area (Å²) in [7, 11) is 1.44. The molecule has 1 aromatic rings. The van der Waals surface area contributed by atoms with Crippen molar-refractivity contribution in [3.05, 3.63) is 23.8 Å². The summed E-state index contributed by atoms with van der Waals surface area (Å²) >= 11 is 0. The molecule has 6 heteroatoms. The molecule has 3 atom stereocenters. The lowest BCUT2D eigenvalue weighted by Gasteiger charge is -2.25. The molecule has 4 nitrogen and oxygen atoms in total. The van der Waals surface area contributed by atoms with Gasteiger partial charge < -0.3 is 19.5 Å². The van der Waals surface area contributed by atoms with Gasteiger partial charge in [0, 0.05) is 18.7 Å². The van der Waals surface area contributed by atoms with E-state index in [1.807, 2.05) is 6.92 Å². The lowest BCUT2D eigenvalue weighted by molar-refractivity contribution is -0.0512. The highest BCUT2D eigenvalue weighted by molar-refractivity contribution is 5.43. The number of rotatable bonds is 7. The van der Waals surface area contributed by atoms with E-state index in [1.54, 1.807) is 12.1 Å². The summed E-state index contributed by atoms with van der Waals surface area (Å²) in [6.07, 6.45) is 2.38. The first-order valence-electron chi connectivity index (χ1n) is 7.51. The molecule has 0 aromatic heterocycles. The Morgan fingerprint density at radius 1 is 1.27 bits per heavy atom. The summed E-state index contributed by atoms with van der Waals surface area (Å²) in [4.78, 5) is 0. The Kier molecular flexibility index (Phi) is 5.97. The van der Waals surface area contributed by atoms with E-state index in [9.17, 15) is 8.78 Å². The van der Waals surface area contributed by atoms with Crippen molar-refractivity contribution in [2.75, 3.05) is 13.7 Å². The smallest absolute Gasteiger partial charge is 0.387 e. The SMILES string of the molecule is COc1cc([C@H](C)N[C@@H](C)[C@H]2CCCO2)ccc1OC(F)F. The van der Waals surface area contributed by atoms with E-state index in [1.165, 1.54) is 13.2 Å². The second-order valence-corrected chi connectivity index (χ2v) is 5.52. The minimum absolute atomic E-state index is 0.0422. The van der Waals surface area contributed by atoms with E-state index in [-0.39, 0.29) is 23.9 Å². The van der Waals surface area contributed by atoms with Gasteiger partial charge in [-0.3, -0.25) is 0 Å². The molecule has 0 unspecified atom stereocenters. The number of ether oxygens (including phenoxy) is 3. The van der Waals surface area contributed by atoms with Crippen LogP contribution in [0, 0.1) is 0 Å². The number of nitrogens with one attached hydrogen (secondary N) is 1. The van der Waals surface area contributed by atoms with E-state index in [4.69, 9.17) is 9.47 Å². The summed E-state index contributed by atoms with van der Waals surface area (Å²) in [5.41, 5.74) is 0.948. The molecular formula is C16H23F2NO3. The van der Waals surface area contributed by atoms with Gasteiger partial charge >= 0.3 is 6.61 Å². The molecule has 0 aliphatic carbocycles. The molecular weight excluding hydrogens is 292 g/mol. The summed E-state index contributed by atoms with van der Waals surface area (Å²) in [6, 6.07) is 5.27. The van der Waals surface area contributed by atoms with E-state index in [0.29, 0.717) is 5.75 Å². The van der Waals surface area contributed by atoms with Crippen molar-refractivity contribution in [3.63, 3.8) is 0 Å². The van der Waals surface area contributed by atoms with Gasteiger partial charge in [-0.05, 0) is 44.4 Å². The number of methoxy groups -OCH3 is 1. The van der Waals surface area contributed by atoms with Crippen LogP contribution >= 0.6 is 0 Å². The number of hydrogen-bond donors (Lipinski definition) is 1. The van der Waals surface area contributed by atoms with Gasteiger partial charge in [-0.15, -0.1) is 0 Å². The molecule has 1 heterocycles. The van der Waals surface area contributed by atoms with Crippen LogP contribution in [0.3, 0.4) is 0 Å². The molecule has 2 rings (SSSR count). The summed E-state index contributed by atoms with van der Waals surface area (Å²) < 4.78 is 39.9. The zero-order valence-electron chi connectivity index (χ0n) is 13.1. The fourth-order valence-corrected chi connectivity index (χ4v) is 2.74. The maximum absolute atomic E-state index is 12.3. The Morgan fingerprint density at radius 3 is 2.64 bits per heavy atom. The molecule has 1 aliphatic heterocycles. The van der Waals surface area contributed by atoms with Gasteiger partial charge in [0.25, 0.3) is 0 Å². The zero-order chi connectivity index (χ0) is 16.1. The third-order valence-electron chi connectivity index (χ3n) is 3.94. The zero-order valence-corrected chi connectivity index (χ0v) is 13.1. The average Bonchev–Trinajstić information content (AvgIpc) is 3.01. The topological polar surface area (TPSA) is 39.7 Å². The number of alkyl halides is 2. The first-order valence-corrected chi connectivity index (χ1v) is 7.51. The van der Waals surface area contributed by atoms with Crippen molar-refractivity contribution in [3.8, 4) is 11.5 Å². The second-order valence-electron chi connectivity index (χ2n) is 5.52. The Labute approximate surface area is 129 Å². The van der Waals surface area contributed by atoms with Crippen molar-refractivity contribution in [2.45, 2.75) is 51.5 Å². The lowest BCUT2D eigenvalue weighted by Crippen LogP contribution is -2.38. The van der Waals surface area contributed by atoms with Gasteiger partial charge in [-0.25, -0.2) is 0 Å². The van der Waals surface area contributed by atoms with Crippen molar-refractivity contribution in [2.24, 2.45) is 0 Å². The first-order chi connectivity index (χ1) is 10.5. The molecule has 22 heavy (non-hydrogen) atoms. The average molecular weight is 315 g/mol. The van der Waals surface area contributed by atoms with Crippen LogP contribution in [-0.4, -0.2) is 32.5 Å². The van der Waals surface area contributed by atoms with Crippen LogP contribution in [0.25, 0.3) is 0 Å². The fourth-order valence-electron chi connectivity index (χ4n) is 2.74. The van der Waals surface area contributed by atoms with Crippen LogP contribution in [0.1, 0.15) is 38.3 Å². The number of halogens is 2. The maximum atomic E-state index is 12.3. The van der Waals surface area contributed by atoms with Gasteiger partial charge in [0.1, 0.15) is 0 Å². The molecule has 1 aliphatic rings. The molecule has 0 amide bonds. The third kappa shape index (κ3) is 4.30. The van der Waals surface area contributed by atoms with Crippen LogP contribution < -0.4 is 14.8 Å². The largest absolute Gasteiger partial charge is 0.493 e. The number of benzene rings is 1. The van der Waals surface area contributed by atoms with E-state index < -0.39 is 6.61 Å². The predicted octanol–water partition coefficient (Wildman–Crippen LogP) is 3.51. The van der Waals surface area contributed by atoms with Gasteiger partial charge in [0.05, 0.1) is 13.2 Å². The van der Waals surface area contributed by atoms with Gasteiger partial charge in [-0.2, -0.15) is 8.78 Å². The molecule has 0 bridgehead atoms. The Hall–Kier alpha value is -1.40. The minimum atomic E-state index is -2.87. The Bertz CT molecular complexity index is 478. The summed E-state index contributed by atoms with van der Waals surface area (Å²) in [6.45, 7) is 2.07. The summed E-state index contributed by atoms with van der Waals surface area (Å²) in [5.74, 6) is 0.344. The molecule has 0 radical (unpaired) electrons. The van der Waals surface area contributed by atoms with Gasteiger partial charge in [0.2, 0.25) is 0 Å². The number of hydrogen-bond acceptors (Lipinski definition) is 4. The van der Waals surface area contributed by atoms with Crippen LogP contribution in [0.15, 0.2) is 18.2 Å². The molecule has 1 aromatic carbocycles. The first kappa shape index (κ1) is 17.0. The standard InChI is InChI=1S/C16H23F2NO3/c1-10(19-11(2)13-5-4-8-21-13)12-6-7-14(22-16(17)18)15(9-12)20-3/h6-7,9-11,13,16,19H,4-5,8H2,1-3H3/t10-,11-,13+/m0/s1. The van der Waals surface area contributed by atoms with Crippen LogP contribution in [0.2, 0.25) is 0 Å². The monoisotopic (exact) mass is 315 g/mol. The Morgan fingerprint density at radius 2 is 2.05 bits per heavy atom. The quantitative estimate of drug-likeness (QED) is 0.836. The van der Waals surface area contributed by atoms with Crippen LogP contribution in [0.4, 0.5) is 8.78 Å². The lowest BCUT2D eigenvalue weighted by atomic mass is 10.0. The van der Waals surface area contributed by atoms with Crippen molar-refractivity contribution >= 4 is 0 Å². The van der Waals surface area contributed by atoms with Gasteiger partial charge in [-0.1, -0.05) is 6.07 Å².